The van der Waals surface area contributed by atoms with Crippen LogP contribution in [0, 0.1) is 0 Å². The first kappa shape index (κ1) is 39.2. The van der Waals surface area contributed by atoms with Gasteiger partial charge >= 0.3 is 30.0 Å². The fourth-order valence-electron chi connectivity index (χ4n) is 5.20. The Bertz CT molecular complexity index is 1930. The highest BCUT2D eigenvalue weighted by Gasteiger charge is 2.45. The lowest BCUT2D eigenvalue weighted by atomic mass is 10.1. The molecule has 1 aromatic heterocycles. The van der Waals surface area contributed by atoms with Gasteiger partial charge in [0.2, 0.25) is 11.9 Å². The number of amides is 3. The van der Waals surface area contributed by atoms with Crippen molar-refractivity contribution in [3.63, 3.8) is 0 Å². The zero-order valence-electron chi connectivity index (χ0n) is 28.8. The summed E-state index contributed by atoms with van der Waals surface area (Å²) in [5.74, 6) is -3.30. The molecule has 1 atom stereocenters. The zero-order chi connectivity index (χ0) is 38.7. The van der Waals surface area contributed by atoms with Gasteiger partial charge in [-0.1, -0.05) is 54.1 Å². The van der Waals surface area contributed by atoms with Crippen LogP contribution in [0.4, 0.5) is 30.8 Å². The molecular weight excluding hydrogens is 733 g/mol. The molecule has 284 valence electrons. The number of esters is 1. The van der Waals surface area contributed by atoms with Crippen molar-refractivity contribution in [3.05, 3.63) is 101 Å². The number of benzene rings is 3. The fourth-order valence-corrected chi connectivity index (χ4v) is 5.32. The van der Waals surface area contributed by atoms with Gasteiger partial charge in [-0.25, -0.2) is 4.79 Å². The van der Waals surface area contributed by atoms with E-state index in [0.29, 0.717) is 30.0 Å². The third-order valence-electron chi connectivity index (χ3n) is 8.14. The first-order valence-electron chi connectivity index (χ1n) is 16.7. The summed E-state index contributed by atoms with van der Waals surface area (Å²) in [6.07, 6.45) is -2.75. The molecule has 1 saturated carbocycles. The summed E-state index contributed by atoms with van der Waals surface area (Å²) in [5.41, 5.74) is 1.84. The standard InChI is InChI=1S/C36H36ClF3N8O6/c1-53-31(52)27(16-20-42-30(51)29(50)41-19-15-22-5-3-2-4-6-22)44-28(49)23-7-13-26(14-8-23)43-32-45-33(47-34(46-32)54-21-36(38,39)40)48-35(17-18-35)24-9-11-25(37)12-10-24/h2-14,27H,15-21H2,1H3,(H,41,50)(H,42,51)(H,44,49)(H2,43,45,46,47,48)/t27-/m0/s1. The molecule has 0 saturated heterocycles. The van der Waals surface area contributed by atoms with Crippen LogP contribution in [-0.2, 0) is 31.1 Å². The van der Waals surface area contributed by atoms with Crippen LogP contribution in [0.2, 0.25) is 5.02 Å². The van der Waals surface area contributed by atoms with Crippen molar-refractivity contribution in [2.24, 2.45) is 0 Å². The van der Waals surface area contributed by atoms with Crippen LogP contribution in [0.3, 0.4) is 0 Å². The lowest BCUT2D eigenvalue weighted by Gasteiger charge is -2.19. The van der Waals surface area contributed by atoms with Crippen LogP contribution in [0.15, 0.2) is 78.9 Å². The van der Waals surface area contributed by atoms with E-state index in [9.17, 15) is 32.3 Å². The third-order valence-corrected chi connectivity index (χ3v) is 8.39. The largest absolute Gasteiger partial charge is 0.467 e. The van der Waals surface area contributed by atoms with E-state index in [4.69, 9.17) is 21.1 Å². The van der Waals surface area contributed by atoms with Gasteiger partial charge in [0.25, 0.3) is 5.91 Å². The van der Waals surface area contributed by atoms with Gasteiger partial charge in [0.05, 0.1) is 12.6 Å². The van der Waals surface area contributed by atoms with Gasteiger partial charge in [-0.3, -0.25) is 14.4 Å². The summed E-state index contributed by atoms with van der Waals surface area (Å²) in [5, 5.41) is 14.1. The number of carbonyl (C=O) groups excluding carboxylic acids is 4. The van der Waals surface area contributed by atoms with Crippen LogP contribution >= 0.6 is 11.6 Å². The molecule has 18 heteroatoms. The van der Waals surface area contributed by atoms with Crippen molar-refractivity contribution in [2.45, 2.75) is 43.4 Å². The zero-order valence-corrected chi connectivity index (χ0v) is 29.6. The minimum Gasteiger partial charge on any atom is -0.467 e. The minimum absolute atomic E-state index is 0.0261. The Morgan fingerprint density at radius 1 is 0.852 bits per heavy atom. The van der Waals surface area contributed by atoms with E-state index < -0.39 is 54.1 Å². The van der Waals surface area contributed by atoms with Crippen LogP contribution < -0.4 is 31.3 Å². The van der Waals surface area contributed by atoms with Gasteiger partial charge in [-0.15, -0.1) is 0 Å². The Kier molecular flexibility index (Phi) is 12.9. The number of hydrogen-bond donors (Lipinski definition) is 5. The number of alkyl halides is 3. The van der Waals surface area contributed by atoms with E-state index >= 15 is 0 Å². The van der Waals surface area contributed by atoms with Crippen molar-refractivity contribution >= 4 is 52.9 Å². The average Bonchev–Trinajstić information content (AvgIpc) is 3.93. The Hall–Kier alpha value is -5.97. The third kappa shape index (κ3) is 11.5. The second-order valence-corrected chi connectivity index (χ2v) is 12.6. The van der Waals surface area contributed by atoms with Crippen molar-refractivity contribution in [2.75, 3.05) is 37.4 Å². The van der Waals surface area contributed by atoms with Gasteiger partial charge in [0.15, 0.2) is 6.61 Å². The van der Waals surface area contributed by atoms with E-state index in [0.717, 1.165) is 18.2 Å². The van der Waals surface area contributed by atoms with Crippen LogP contribution in [0.5, 0.6) is 6.01 Å². The maximum atomic E-state index is 13.1. The van der Waals surface area contributed by atoms with E-state index in [1.54, 1.807) is 12.1 Å². The van der Waals surface area contributed by atoms with Gasteiger partial charge < -0.3 is 36.1 Å². The quantitative estimate of drug-likeness (QED) is 0.0802. The summed E-state index contributed by atoms with van der Waals surface area (Å²) in [6, 6.07) is 20.6. The molecule has 1 fully saturated rings. The molecule has 1 aliphatic rings. The molecule has 3 aromatic carbocycles. The first-order chi connectivity index (χ1) is 25.8. The Balaban J connectivity index is 1.18. The van der Waals surface area contributed by atoms with E-state index in [1.807, 2.05) is 42.5 Å². The Morgan fingerprint density at radius 2 is 1.50 bits per heavy atom. The molecular formula is C36H36ClF3N8O6. The van der Waals surface area contributed by atoms with Crippen LogP contribution in [0.1, 0.15) is 40.7 Å². The molecule has 4 aromatic rings. The summed E-state index contributed by atoms with van der Waals surface area (Å²) in [6.45, 7) is -1.49. The van der Waals surface area contributed by atoms with E-state index in [2.05, 4.69) is 41.5 Å². The summed E-state index contributed by atoms with van der Waals surface area (Å²) < 4.78 is 48.5. The number of aromatic nitrogens is 3. The predicted molar refractivity (Wildman–Crippen MR) is 191 cm³/mol. The maximum absolute atomic E-state index is 13.1. The number of carbonyl (C=O) groups is 4. The topological polar surface area (TPSA) is 186 Å². The van der Waals surface area contributed by atoms with E-state index in [-0.39, 0.29) is 37.0 Å². The average molecular weight is 769 g/mol. The number of methoxy groups -OCH3 is 1. The number of ether oxygens (including phenoxy) is 2. The Labute approximate surface area is 312 Å². The SMILES string of the molecule is COC(=O)[C@H](CCNC(=O)C(=O)NCCc1ccccc1)NC(=O)c1ccc(Nc2nc(NC3(c4ccc(Cl)cc4)CC3)nc(OCC(F)(F)F)n2)cc1. The summed E-state index contributed by atoms with van der Waals surface area (Å²) in [4.78, 5) is 62.2. The number of hydrogen-bond acceptors (Lipinski definition) is 11. The number of halogens is 4. The number of nitrogens with one attached hydrogen (secondary N) is 5. The minimum atomic E-state index is -4.63. The molecule has 0 radical (unpaired) electrons. The molecule has 14 nitrogen and oxygen atoms in total. The van der Waals surface area contributed by atoms with Gasteiger partial charge in [0, 0.05) is 29.4 Å². The van der Waals surface area contributed by atoms with Gasteiger partial charge in [0.1, 0.15) is 6.04 Å². The van der Waals surface area contributed by atoms with Crippen molar-refractivity contribution < 1.29 is 41.8 Å². The molecule has 0 bridgehead atoms. The maximum Gasteiger partial charge on any atom is 0.422 e. The van der Waals surface area contributed by atoms with Crippen molar-refractivity contribution in [1.82, 2.24) is 30.9 Å². The summed E-state index contributed by atoms with van der Waals surface area (Å²) >= 11 is 6.03. The number of rotatable bonds is 16. The lowest BCUT2D eigenvalue weighted by Crippen LogP contribution is -2.45. The monoisotopic (exact) mass is 768 g/mol. The smallest absolute Gasteiger partial charge is 0.422 e. The van der Waals surface area contributed by atoms with Crippen LogP contribution in [0.25, 0.3) is 0 Å². The summed E-state index contributed by atoms with van der Waals surface area (Å²) in [7, 11) is 1.14. The normalized spacial score (nSPS) is 13.5. The molecule has 54 heavy (non-hydrogen) atoms. The molecule has 0 spiro atoms. The number of nitrogens with zero attached hydrogens (tertiary/aromatic N) is 3. The van der Waals surface area contributed by atoms with Gasteiger partial charge in [-0.2, -0.15) is 28.1 Å². The predicted octanol–water partition coefficient (Wildman–Crippen LogP) is 4.45. The second kappa shape index (κ2) is 17.7. The van der Waals surface area contributed by atoms with Crippen LogP contribution in [-0.4, -0.2) is 77.7 Å². The molecule has 1 heterocycles. The molecule has 0 unspecified atom stereocenters. The fraction of sp³-hybridized carbons (Fsp3) is 0.306. The van der Waals surface area contributed by atoms with Crippen molar-refractivity contribution in [3.8, 4) is 6.01 Å². The van der Waals surface area contributed by atoms with Crippen molar-refractivity contribution in [1.29, 1.82) is 0 Å². The highest BCUT2D eigenvalue weighted by Crippen LogP contribution is 2.48. The first-order valence-corrected chi connectivity index (χ1v) is 17.1. The second-order valence-electron chi connectivity index (χ2n) is 12.2. The highest BCUT2D eigenvalue weighted by atomic mass is 35.5. The molecule has 0 aliphatic heterocycles. The Morgan fingerprint density at radius 3 is 2.13 bits per heavy atom. The molecule has 3 amide bonds. The number of anilines is 3. The van der Waals surface area contributed by atoms with Gasteiger partial charge in [-0.05, 0) is 73.2 Å². The molecule has 5 rings (SSSR count). The highest BCUT2D eigenvalue weighted by molar-refractivity contribution is 6.35. The lowest BCUT2D eigenvalue weighted by molar-refractivity contribution is -0.154. The molecule has 5 N–H and O–H groups in total. The van der Waals surface area contributed by atoms with E-state index in [1.165, 1.54) is 24.3 Å². The molecule has 1 aliphatic carbocycles.